The molecule has 1 aromatic carbocycles. The molecule has 1 aromatic rings. The lowest BCUT2D eigenvalue weighted by molar-refractivity contribution is 0.0888. The number of aliphatic hydroxyl groups is 1. The average molecular weight is 288 g/mol. The summed E-state index contributed by atoms with van der Waals surface area (Å²) in [6.07, 6.45) is 1.96. The number of rotatable bonds is 4. The zero-order valence-electron chi connectivity index (χ0n) is 9.90. The van der Waals surface area contributed by atoms with Gasteiger partial charge in [-0.25, -0.2) is 0 Å². The van der Waals surface area contributed by atoms with Crippen molar-refractivity contribution in [1.29, 1.82) is 0 Å². The molecule has 1 aliphatic rings. The number of aliphatic hydroxyl groups excluding tert-OH is 1. The molecule has 1 saturated heterocycles. The number of hydrogen-bond acceptors (Lipinski definition) is 3. The first-order chi connectivity index (χ1) is 8.61. The molecule has 1 aliphatic heterocycles. The summed E-state index contributed by atoms with van der Waals surface area (Å²) in [5.74, 6) is -0.0305. The van der Waals surface area contributed by atoms with Gasteiger partial charge >= 0.3 is 0 Å². The minimum absolute atomic E-state index is 0.0305. The summed E-state index contributed by atoms with van der Waals surface area (Å²) in [7, 11) is 0. The summed E-state index contributed by atoms with van der Waals surface area (Å²) in [5, 5.41) is 10.1. The van der Waals surface area contributed by atoms with E-state index in [4.69, 9.17) is 23.2 Å². The summed E-state index contributed by atoms with van der Waals surface area (Å²) < 4.78 is 0. The molecular formula is C13H15Cl2NO2. The van der Waals surface area contributed by atoms with Gasteiger partial charge in [0.2, 0.25) is 0 Å². The first kappa shape index (κ1) is 13.8. The first-order valence-corrected chi connectivity index (χ1v) is 6.70. The standard InChI is InChI=1S/C13H15Cl2NO2/c14-9-3-4-11(12(15)6-9)13(18)7-16-5-1-2-10(16)8-17/h3-4,6,10,17H,1-2,5,7-8H2. The molecule has 0 bridgehead atoms. The van der Waals surface area contributed by atoms with Crippen LogP contribution in [0.3, 0.4) is 0 Å². The van der Waals surface area contributed by atoms with Crippen LogP contribution in [0.1, 0.15) is 23.2 Å². The molecular weight excluding hydrogens is 273 g/mol. The molecule has 98 valence electrons. The van der Waals surface area contributed by atoms with E-state index in [0.29, 0.717) is 22.2 Å². The number of benzene rings is 1. The summed E-state index contributed by atoms with van der Waals surface area (Å²) in [4.78, 5) is 14.2. The van der Waals surface area contributed by atoms with Gasteiger partial charge in [0.15, 0.2) is 5.78 Å². The third kappa shape index (κ3) is 3.04. The van der Waals surface area contributed by atoms with Crippen molar-refractivity contribution in [3.05, 3.63) is 33.8 Å². The number of likely N-dealkylation sites (tertiary alicyclic amines) is 1. The molecule has 1 atom stereocenters. The van der Waals surface area contributed by atoms with Gasteiger partial charge in [0.1, 0.15) is 0 Å². The number of carbonyl (C=O) groups is 1. The van der Waals surface area contributed by atoms with E-state index in [0.717, 1.165) is 19.4 Å². The summed E-state index contributed by atoms with van der Waals surface area (Å²) in [6, 6.07) is 4.98. The van der Waals surface area contributed by atoms with Crippen LogP contribution in [-0.2, 0) is 0 Å². The number of halogens is 2. The Kier molecular flexibility index (Phi) is 4.62. The highest BCUT2D eigenvalue weighted by atomic mass is 35.5. The van der Waals surface area contributed by atoms with Crippen molar-refractivity contribution >= 4 is 29.0 Å². The second-order valence-electron chi connectivity index (χ2n) is 4.50. The lowest BCUT2D eigenvalue weighted by Crippen LogP contribution is -2.36. The monoisotopic (exact) mass is 287 g/mol. The van der Waals surface area contributed by atoms with E-state index >= 15 is 0 Å². The maximum Gasteiger partial charge on any atom is 0.178 e. The molecule has 0 spiro atoms. The minimum Gasteiger partial charge on any atom is -0.395 e. The Labute approximate surface area is 116 Å². The lowest BCUT2D eigenvalue weighted by Gasteiger charge is -2.21. The van der Waals surface area contributed by atoms with Gasteiger partial charge in [0, 0.05) is 16.6 Å². The van der Waals surface area contributed by atoms with E-state index in [2.05, 4.69) is 0 Å². The van der Waals surface area contributed by atoms with Crippen molar-refractivity contribution in [3.8, 4) is 0 Å². The maximum atomic E-state index is 12.1. The molecule has 1 heterocycles. The third-order valence-corrected chi connectivity index (χ3v) is 3.84. The van der Waals surface area contributed by atoms with Gasteiger partial charge in [0.25, 0.3) is 0 Å². The Balaban J connectivity index is 2.07. The van der Waals surface area contributed by atoms with Crippen LogP contribution in [0.4, 0.5) is 0 Å². The number of carbonyl (C=O) groups excluding carboxylic acids is 1. The largest absolute Gasteiger partial charge is 0.395 e. The van der Waals surface area contributed by atoms with Crippen LogP contribution in [0.25, 0.3) is 0 Å². The molecule has 2 rings (SSSR count). The number of nitrogens with zero attached hydrogens (tertiary/aromatic N) is 1. The molecule has 1 unspecified atom stereocenters. The molecule has 0 saturated carbocycles. The highest BCUT2D eigenvalue weighted by molar-refractivity contribution is 6.36. The van der Waals surface area contributed by atoms with Crippen LogP contribution in [0.2, 0.25) is 10.0 Å². The first-order valence-electron chi connectivity index (χ1n) is 5.95. The van der Waals surface area contributed by atoms with Crippen molar-refractivity contribution < 1.29 is 9.90 Å². The van der Waals surface area contributed by atoms with Gasteiger partial charge in [-0.05, 0) is 37.6 Å². The molecule has 0 amide bonds. The Bertz CT molecular complexity index is 451. The number of hydrogen-bond donors (Lipinski definition) is 1. The molecule has 1 N–H and O–H groups in total. The fourth-order valence-corrected chi connectivity index (χ4v) is 2.81. The lowest BCUT2D eigenvalue weighted by atomic mass is 10.1. The van der Waals surface area contributed by atoms with E-state index in [9.17, 15) is 9.90 Å². The second-order valence-corrected chi connectivity index (χ2v) is 5.34. The van der Waals surface area contributed by atoms with Crippen molar-refractivity contribution in [2.75, 3.05) is 19.7 Å². The van der Waals surface area contributed by atoms with Gasteiger partial charge < -0.3 is 5.11 Å². The Morgan fingerprint density at radius 2 is 2.22 bits per heavy atom. The highest BCUT2D eigenvalue weighted by Crippen LogP contribution is 2.23. The molecule has 0 aliphatic carbocycles. The zero-order chi connectivity index (χ0) is 13.1. The zero-order valence-corrected chi connectivity index (χ0v) is 11.4. The van der Waals surface area contributed by atoms with Gasteiger partial charge in [0.05, 0.1) is 18.2 Å². The SMILES string of the molecule is O=C(CN1CCCC1CO)c1ccc(Cl)cc1Cl. The summed E-state index contributed by atoms with van der Waals surface area (Å²) >= 11 is 11.8. The highest BCUT2D eigenvalue weighted by Gasteiger charge is 2.26. The fourth-order valence-electron chi connectivity index (χ4n) is 2.30. The average Bonchev–Trinajstić information content (AvgIpc) is 2.76. The molecule has 0 radical (unpaired) electrons. The number of Topliss-reactive ketones (excluding diaryl/α,β-unsaturated/α-hetero) is 1. The Morgan fingerprint density at radius 1 is 1.44 bits per heavy atom. The Hall–Kier alpha value is -0.610. The minimum atomic E-state index is -0.0305. The van der Waals surface area contributed by atoms with Crippen LogP contribution >= 0.6 is 23.2 Å². The fraction of sp³-hybridized carbons (Fsp3) is 0.462. The second kappa shape index (κ2) is 6.02. The van der Waals surface area contributed by atoms with Crippen LogP contribution in [-0.4, -0.2) is 41.5 Å². The van der Waals surface area contributed by atoms with Crippen molar-refractivity contribution in [2.45, 2.75) is 18.9 Å². The number of ketones is 1. The van der Waals surface area contributed by atoms with Crippen molar-refractivity contribution in [3.63, 3.8) is 0 Å². The van der Waals surface area contributed by atoms with Crippen LogP contribution in [0, 0.1) is 0 Å². The predicted octanol–water partition coefficient (Wildman–Crippen LogP) is 2.63. The molecule has 18 heavy (non-hydrogen) atoms. The van der Waals surface area contributed by atoms with Crippen LogP contribution in [0.5, 0.6) is 0 Å². The van der Waals surface area contributed by atoms with E-state index in [1.165, 1.54) is 0 Å². The van der Waals surface area contributed by atoms with Crippen molar-refractivity contribution in [2.24, 2.45) is 0 Å². The summed E-state index contributed by atoms with van der Waals surface area (Å²) in [5.41, 5.74) is 0.490. The van der Waals surface area contributed by atoms with E-state index in [1.54, 1.807) is 18.2 Å². The quantitative estimate of drug-likeness (QED) is 0.866. The summed E-state index contributed by atoms with van der Waals surface area (Å²) in [6.45, 7) is 1.25. The van der Waals surface area contributed by atoms with Crippen LogP contribution in [0.15, 0.2) is 18.2 Å². The Morgan fingerprint density at radius 3 is 2.89 bits per heavy atom. The van der Waals surface area contributed by atoms with Gasteiger partial charge in [-0.15, -0.1) is 0 Å². The predicted molar refractivity (Wildman–Crippen MR) is 72.5 cm³/mol. The van der Waals surface area contributed by atoms with E-state index in [-0.39, 0.29) is 18.4 Å². The topological polar surface area (TPSA) is 40.5 Å². The van der Waals surface area contributed by atoms with E-state index in [1.807, 2.05) is 4.90 Å². The maximum absolute atomic E-state index is 12.1. The van der Waals surface area contributed by atoms with E-state index < -0.39 is 0 Å². The molecule has 1 fully saturated rings. The van der Waals surface area contributed by atoms with Gasteiger partial charge in [-0.2, -0.15) is 0 Å². The van der Waals surface area contributed by atoms with Gasteiger partial charge in [-0.1, -0.05) is 23.2 Å². The van der Waals surface area contributed by atoms with Crippen molar-refractivity contribution in [1.82, 2.24) is 4.90 Å². The third-order valence-electron chi connectivity index (χ3n) is 3.29. The normalized spacial score (nSPS) is 20.3. The molecule has 0 aromatic heterocycles. The van der Waals surface area contributed by atoms with Gasteiger partial charge in [-0.3, -0.25) is 9.69 Å². The smallest absolute Gasteiger partial charge is 0.178 e. The molecule has 3 nitrogen and oxygen atoms in total. The van der Waals surface area contributed by atoms with Crippen LogP contribution < -0.4 is 0 Å². The molecule has 5 heteroatoms.